The SMILES string of the molecule is CCNC(=NCCCCC(C)C)NC1CCN(C(=O)C(CC)CC)CC1. The predicted octanol–water partition coefficient (Wildman–Crippen LogP) is 3.80. The molecule has 0 aromatic rings. The van der Waals surface area contributed by atoms with Crippen molar-refractivity contribution in [3.05, 3.63) is 0 Å². The molecule has 1 aliphatic rings. The van der Waals surface area contributed by atoms with Gasteiger partial charge in [-0.2, -0.15) is 0 Å². The van der Waals surface area contributed by atoms with Gasteiger partial charge >= 0.3 is 0 Å². The van der Waals surface area contributed by atoms with Crippen LogP contribution in [0.15, 0.2) is 4.99 Å². The molecule has 1 aliphatic heterocycles. The van der Waals surface area contributed by atoms with Gasteiger partial charge in [-0.25, -0.2) is 0 Å². The van der Waals surface area contributed by atoms with Crippen molar-refractivity contribution in [2.24, 2.45) is 16.8 Å². The van der Waals surface area contributed by atoms with E-state index in [2.05, 4.69) is 50.2 Å². The summed E-state index contributed by atoms with van der Waals surface area (Å²) in [5, 5.41) is 6.93. The quantitative estimate of drug-likeness (QED) is 0.351. The molecule has 0 spiro atoms. The van der Waals surface area contributed by atoms with Gasteiger partial charge in [-0.05, 0) is 44.9 Å². The Morgan fingerprint density at radius 3 is 2.31 bits per heavy atom. The summed E-state index contributed by atoms with van der Waals surface area (Å²) in [6.07, 6.45) is 7.58. The lowest BCUT2D eigenvalue weighted by Crippen LogP contribution is -2.50. The van der Waals surface area contributed by atoms with Crippen LogP contribution >= 0.6 is 0 Å². The minimum Gasteiger partial charge on any atom is -0.357 e. The highest BCUT2D eigenvalue weighted by Gasteiger charge is 2.26. The summed E-state index contributed by atoms with van der Waals surface area (Å²) in [6, 6.07) is 0.411. The van der Waals surface area contributed by atoms with Crippen LogP contribution in [0.5, 0.6) is 0 Å². The van der Waals surface area contributed by atoms with Crippen LogP contribution in [0.2, 0.25) is 0 Å². The lowest BCUT2D eigenvalue weighted by atomic mass is 9.98. The lowest BCUT2D eigenvalue weighted by Gasteiger charge is -2.34. The molecule has 1 rings (SSSR count). The molecule has 5 nitrogen and oxygen atoms in total. The molecular formula is C21H42N4O. The minimum atomic E-state index is 0.198. The Balaban J connectivity index is 2.40. The van der Waals surface area contributed by atoms with Gasteiger partial charge < -0.3 is 15.5 Å². The maximum absolute atomic E-state index is 12.5. The van der Waals surface area contributed by atoms with Gasteiger partial charge in [0, 0.05) is 38.1 Å². The number of carbonyl (C=O) groups excluding carboxylic acids is 1. The van der Waals surface area contributed by atoms with Gasteiger partial charge in [0.1, 0.15) is 0 Å². The number of guanidine groups is 1. The van der Waals surface area contributed by atoms with E-state index in [9.17, 15) is 4.79 Å². The molecule has 0 unspecified atom stereocenters. The van der Waals surface area contributed by atoms with Gasteiger partial charge in [0.05, 0.1) is 0 Å². The van der Waals surface area contributed by atoms with Gasteiger partial charge in [0.15, 0.2) is 5.96 Å². The van der Waals surface area contributed by atoms with Crippen molar-refractivity contribution in [1.29, 1.82) is 0 Å². The zero-order chi connectivity index (χ0) is 19.4. The maximum Gasteiger partial charge on any atom is 0.225 e. The molecular weight excluding hydrogens is 324 g/mol. The Kier molecular flexibility index (Phi) is 11.4. The minimum absolute atomic E-state index is 0.198. The number of piperidine rings is 1. The Hall–Kier alpha value is -1.26. The van der Waals surface area contributed by atoms with E-state index in [1.807, 2.05) is 0 Å². The third kappa shape index (κ3) is 8.41. The Morgan fingerprint density at radius 1 is 1.12 bits per heavy atom. The highest BCUT2D eigenvalue weighted by Crippen LogP contribution is 2.17. The summed E-state index contributed by atoms with van der Waals surface area (Å²) in [6.45, 7) is 14.4. The van der Waals surface area contributed by atoms with Crippen molar-refractivity contribution >= 4 is 11.9 Å². The number of hydrogen-bond acceptors (Lipinski definition) is 2. The summed E-state index contributed by atoms with van der Waals surface area (Å²) in [5.41, 5.74) is 0. The smallest absolute Gasteiger partial charge is 0.225 e. The van der Waals surface area contributed by atoms with E-state index in [1.165, 1.54) is 12.8 Å². The van der Waals surface area contributed by atoms with Crippen LogP contribution in [0, 0.1) is 11.8 Å². The van der Waals surface area contributed by atoms with Gasteiger partial charge in [-0.15, -0.1) is 0 Å². The number of likely N-dealkylation sites (tertiary alicyclic amines) is 1. The van der Waals surface area contributed by atoms with Crippen molar-refractivity contribution < 1.29 is 4.79 Å². The second-order valence-corrected chi connectivity index (χ2v) is 7.91. The predicted molar refractivity (Wildman–Crippen MR) is 111 cm³/mol. The van der Waals surface area contributed by atoms with Crippen molar-refractivity contribution in [3.8, 4) is 0 Å². The first-order valence-corrected chi connectivity index (χ1v) is 10.8. The second kappa shape index (κ2) is 13.0. The summed E-state index contributed by atoms with van der Waals surface area (Å²) in [5.74, 6) is 2.25. The van der Waals surface area contributed by atoms with Crippen LogP contribution < -0.4 is 10.6 Å². The monoisotopic (exact) mass is 366 g/mol. The molecule has 5 heteroatoms. The van der Waals surface area contributed by atoms with E-state index in [0.717, 1.165) is 70.2 Å². The lowest BCUT2D eigenvalue weighted by molar-refractivity contribution is -0.136. The van der Waals surface area contributed by atoms with Crippen LogP contribution in [0.4, 0.5) is 0 Å². The van der Waals surface area contributed by atoms with Crippen LogP contribution in [-0.4, -0.2) is 49.0 Å². The molecule has 26 heavy (non-hydrogen) atoms. The molecule has 0 aromatic carbocycles. The Morgan fingerprint density at radius 2 is 1.77 bits per heavy atom. The van der Waals surface area contributed by atoms with E-state index < -0.39 is 0 Å². The zero-order valence-corrected chi connectivity index (χ0v) is 17.8. The van der Waals surface area contributed by atoms with Crippen LogP contribution in [-0.2, 0) is 4.79 Å². The normalized spacial score (nSPS) is 16.4. The van der Waals surface area contributed by atoms with Crippen LogP contribution in [0.25, 0.3) is 0 Å². The number of hydrogen-bond donors (Lipinski definition) is 2. The first kappa shape index (κ1) is 22.8. The number of carbonyl (C=O) groups is 1. The standard InChI is InChI=1S/C21H42N4O/c1-6-18(7-2)20(26)25-15-12-19(13-16-25)24-21(22-8-3)23-14-10-9-11-17(4)5/h17-19H,6-16H2,1-5H3,(H2,22,23,24). The highest BCUT2D eigenvalue weighted by molar-refractivity contribution is 5.80. The molecule has 2 N–H and O–H groups in total. The molecule has 152 valence electrons. The van der Waals surface area contributed by atoms with Gasteiger partial charge in [0.25, 0.3) is 0 Å². The van der Waals surface area contributed by atoms with Crippen molar-refractivity contribution in [2.45, 2.75) is 85.6 Å². The molecule has 1 heterocycles. The fourth-order valence-corrected chi connectivity index (χ4v) is 3.51. The third-order valence-electron chi connectivity index (χ3n) is 5.29. The fourth-order valence-electron chi connectivity index (χ4n) is 3.51. The number of amides is 1. The molecule has 0 bridgehead atoms. The topological polar surface area (TPSA) is 56.7 Å². The van der Waals surface area contributed by atoms with E-state index in [4.69, 9.17) is 4.99 Å². The second-order valence-electron chi connectivity index (χ2n) is 7.91. The maximum atomic E-state index is 12.5. The van der Waals surface area contributed by atoms with Crippen LogP contribution in [0.1, 0.15) is 79.6 Å². The fraction of sp³-hybridized carbons (Fsp3) is 0.905. The van der Waals surface area contributed by atoms with Crippen molar-refractivity contribution in [3.63, 3.8) is 0 Å². The number of nitrogens with one attached hydrogen (secondary N) is 2. The first-order chi connectivity index (χ1) is 12.5. The van der Waals surface area contributed by atoms with E-state index >= 15 is 0 Å². The molecule has 1 amide bonds. The largest absolute Gasteiger partial charge is 0.357 e. The van der Waals surface area contributed by atoms with Crippen LogP contribution in [0.3, 0.4) is 0 Å². The average molecular weight is 367 g/mol. The zero-order valence-electron chi connectivity index (χ0n) is 17.8. The molecule has 0 atom stereocenters. The van der Waals surface area contributed by atoms with E-state index in [0.29, 0.717) is 11.9 Å². The summed E-state index contributed by atoms with van der Waals surface area (Å²) >= 11 is 0. The van der Waals surface area contributed by atoms with E-state index in [-0.39, 0.29) is 5.92 Å². The number of unbranched alkanes of at least 4 members (excludes halogenated alkanes) is 1. The molecule has 1 fully saturated rings. The molecule has 0 aliphatic carbocycles. The Labute approximate surface area is 161 Å². The van der Waals surface area contributed by atoms with Crippen molar-refractivity contribution in [1.82, 2.24) is 15.5 Å². The van der Waals surface area contributed by atoms with Crippen molar-refractivity contribution in [2.75, 3.05) is 26.2 Å². The van der Waals surface area contributed by atoms with Gasteiger partial charge in [-0.3, -0.25) is 9.79 Å². The van der Waals surface area contributed by atoms with Gasteiger partial charge in [0.2, 0.25) is 5.91 Å². The summed E-state index contributed by atoms with van der Waals surface area (Å²) in [4.78, 5) is 19.3. The highest BCUT2D eigenvalue weighted by atomic mass is 16.2. The molecule has 0 aromatic heterocycles. The number of rotatable bonds is 10. The Bertz CT molecular complexity index is 410. The summed E-state index contributed by atoms with van der Waals surface area (Å²) in [7, 11) is 0. The third-order valence-corrected chi connectivity index (χ3v) is 5.29. The number of nitrogens with zero attached hydrogens (tertiary/aromatic N) is 2. The van der Waals surface area contributed by atoms with E-state index in [1.54, 1.807) is 0 Å². The summed E-state index contributed by atoms with van der Waals surface area (Å²) < 4.78 is 0. The average Bonchev–Trinajstić information content (AvgIpc) is 2.62. The first-order valence-electron chi connectivity index (χ1n) is 10.8. The van der Waals surface area contributed by atoms with Gasteiger partial charge in [-0.1, -0.05) is 40.5 Å². The molecule has 0 saturated carbocycles. The molecule has 1 saturated heterocycles. The molecule has 0 radical (unpaired) electrons. The number of aliphatic imine (C=N–C) groups is 1.